The maximum atomic E-state index is 12.1. The Bertz CT molecular complexity index is 452. The third-order valence-electron chi connectivity index (χ3n) is 2.33. The molecule has 0 saturated heterocycles. The van der Waals surface area contributed by atoms with Crippen molar-refractivity contribution in [3.8, 4) is 5.88 Å². The molecule has 0 fully saturated rings. The highest BCUT2D eigenvalue weighted by molar-refractivity contribution is 5.96. The SMILES string of the molecule is CC(CCO)NC(=O)c1cccnc1OCC(F)(F)F. The molecule has 0 radical (unpaired) electrons. The number of carbonyl (C=O) groups excluding carboxylic acids is 1. The highest BCUT2D eigenvalue weighted by atomic mass is 19.4. The fraction of sp³-hybridized carbons (Fsp3) is 0.500. The lowest BCUT2D eigenvalue weighted by molar-refractivity contribution is -0.154. The van der Waals surface area contributed by atoms with Gasteiger partial charge in [0, 0.05) is 18.8 Å². The van der Waals surface area contributed by atoms with Gasteiger partial charge in [0.15, 0.2) is 6.61 Å². The molecule has 20 heavy (non-hydrogen) atoms. The van der Waals surface area contributed by atoms with Crippen LogP contribution in [0.25, 0.3) is 0 Å². The van der Waals surface area contributed by atoms with E-state index in [1.807, 2.05) is 0 Å². The van der Waals surface area contributed by atoms with Crippen LogP contribution in [0.1, 0.15) is 23.7 Å². The minimum absolute atomic E-state index is 0.0819. The van der Waals surface area contributed by atoms with Crippen LogP contribution in [-0.2, 0) is 0 Å². The Balaban J connectivity index is 2.76. The summed E-state index contributed by atoms with van der Waals surface area (Å²) in [4.78, 5) is 15.5. The van der Waals surface area contributed by atoms with Crippen LogP contribution in [0.5, 0.6) is 5.88 Å². The Morgan fingerprint density at radius 2 is 2.25 bits per heavy atom. The van der Waals surface area contributed by atoms with Gasteiger partial charge in [0.2, 0.25) is 5.88 Å². The normalized spacial score (nSPS) is 12.8. The summed E-state index contributed by atoms with van der Waals surface area (Å²) in [6.07, 6.45) is -2.93. The summed E-state index contributed by atoms with van der Waals surface area (Å²) in [5, 5.41) is 11.3. The Labute approximate surface area is 113 Å². The number of alkyl halides is 3. The van der Waals surface area contributed by atoms with Crippen LogP contribution < -0.4 is 10.1 Å². The maximum Gasteiger partial charge on any atom is 0.422 e. The molecule has 0 aliphatic heterocycles. The van der Waals surface area contributed by atoms with E-state index in [0.29, 0.717) is 6.42 Å². The largest absolute Gasteiger partial charge is 0.467 e. The molecule has 1 heterocycles. The lowest BCUT2D eigenvalue weighted by Crippen LogP contribution is -2.33. The number of nitrogens with one attached hydrogen (secondary N) is 1. The zero-order valence-corrected chi connectivity index (χ0v) is 10.8. The number of carbonyl (C=O) groups is 1. The molecule has 0 bridgehead atoms. The summed E-state index contributed by atoms with van der Waals surface area (Å²) in [5.74, 6) is -0.977. The molecule has 1 rings (SSSR count). The first-order valence-electron chi connectivity index (χ1n) is 5.90. The fourth-order valence-corrected chi connectivity index (χ4v) is 1.40. The number of halogens is 3. The number of pyridine rings is 1. The number of amides is 1. The number of rotatable bonds is 6. The van der Waals surface area contributed by atoms with Crippen molar-refractivity contribution in [2.45, 2.75) is 25.6 Å². The summed E-state index contributed by atoms with van der Waals surface area (Å²) >= 11 is 0. The molecular weight excluding hydrogens is 277 g/mol. The molecule has 1 aromatic heterocycles. The number of nitrogens with zero attached hydrogens (tertiary/aromatic N) is 1. The average Bonchev–Trinajstić information content (AvgIpc) is 2.36. The second kappa shape index (κ2) is 7.09. The van der Waals surface area contributed by atoms with Gasteiger partial charge in [-0.15, -0.1) is 0 Å². The summed E-state index contributed by atoms with van der Waals surface area (Å²) < 4.78 is 40.8. The monoisotopic (exact) mass is 292 g/mol. The summed E-state index contributed by atoms with van der Waals surface area (Å²) in [5.41, 5.74) is -0.0819. The fourth-order valence-electron chi connectivity index (χ4n) is 1.40. The molecule has 8 heteroatoms. The minimum atomic E-state index is -4.50. The number of hydrogen-bond donors (Lipinski definition) is 2. The van der Waals surface area contributed by atoms with Gasteiger partial charge >= 0.3 is 6.18 Å². The van der Waals surface area contributed by atoms with E-state index >= 15 is 0 Å². The molecule has 0 aliphatic carbocycles. The summed E-state index contributed by atoms with van der Waals surface area (Å²) in [6.45, 7) is 0.0448. The summed E-state index contributed by atoms with van der Waals surface area (Å²) in [7, 11) is 0. The lowest BCUT2D eigenvalue weighted by Gasteiger charge is -2.15. The number of ether oxygens (including phenoxy) is 1. The first-order chi connectivity index (χ1) is 9.33. The van der Waals surface area contributed by atoms with E-state index in [9.17, 15) is 18.0 Å². The van der Waals surface area contributed by atoms with E-state index < -0.39 is 18.7 Å². The molecule has 0 aromatic carbocycles. The molecule has 1 unspecified atom stereocenters. The third-order valence-corrected chi connectivity index (χ3v) is 2.33. The van der Waals surface area contributed by atoms with Gasteiger partial charge in [-0.1, -0.05) is 0 Å². The maximum absolute atomic E-state index is 12.1. The first kappa shape index (κ1) is 16.2. The van der Waals surface area contributed by atoms with E-state index in [4.69, 9.17) is 5.11 Å². The average molecular weight is 292 g/mol. The van der Waals surface area contributed by atoms with Crippen LogP contribution in [0.4, 0.5) is 13.2 Å². The van der Waals surface area contributed by atoms with Crippen molar-refractivity contribution in [1.82, 2.24) is 10.3 Å². The van der Waals surface area contributed by atoms with Crippen molar-refractivity contribution in [3.63, 3.8) is 0 Å². The smallest absolute Gasteiger partial charge is 0.422 e. The predicted octanol–water partition coefficient (Wildman–Crippen LogP) is 1.52. The zero-order chi connectivity index (χ0) is 15.2. The molecule has 1 aromatic rings. The molecular formula is C12H15F3N2O3. The predicted molar refractivity (Wildman–Crippen MR) is 64.4 cm³/mol. The van der Waals surface area contributed by atoms with E-state index in [1.54, 1.807) is 6.92 Å². The molecule has 0 aliphatic rings. The van der Waals surface area contributed by atoms with Crippen molar-refractivity contribution in [2.75, 3.05) is 13.2 Å². The van der Waals surface area contributed by atoms with Crippen molar-refractivity contribution < 1.29 is 27.8 Å². The second-order valence-electron chi connectivity index (χ2n) is 4.15. The van der Waals surface area contributed by atoms with Crippen LogP contribution in [0.2, 0.25) is 0 Å². The molecule has 0 saturated carbocycles. The standard InChI is InChI=1S/C12H15F3N2O3/c1-8(4-6-18)17-10(19)9-3-2-5-16-11(9)20-7-12(13,14)15/h2-3,5,8,18H,4,6-7H2,1H3,(H,17,19). The van der Waals surface area contributed by atoms with Gasteiger partial charge in [0.25, 0.3) is 5.91 Å². The molecule has 2 N–H and O–H groups in total. The van der Waals surface area contributed by atoms with Gasteiger partial charge < -0.3 is 15.2 Å². The molecule has 1 atom stereocenters. The minimum Gasteiger partial charge on any atom is -0.467 e. The van der Waals surface area contributed by atoms with E-state index in [0.717, 1.165) is 0 Å². The van der Waals surface area contributed by atoms with Gasteiger partial charge in [-0.3, -0.25) is 4.79 Å². The van der Waals surface area contributed by atoms with Gasteiger partial charge in [-0.2, -0.15) is 13.2 Å². The molecule has 5 nitrogen and oxygen atoms in total. The molecule has 1 amide bonds. The van der Waals surface area contributed by atoms with Crippen molar-refractivity contribution in [2.24, 2.45) is 0 Å². The quantitative estimate of drug-likeness (QED) is 0.834. The van der Waals surface area contributed by atoms with Crippen molar-refractivity contribution in [1.29, 1.82) is 0 Å². The van der Waals surface area contributed by atoms with Crippen LogP contribution in [-0.4, -0.2) is 41.4 Å². The van der Waals surface area contributed by atoms with Gasteiger partial charge in [0.05, 0.1) is 0 Å². The van der Waals surface area contributed by atoms with Crippen LogP contribution in [0.15, 0.2) is 18.3 Å². The third kappa shape index (κ3) is 5.43. The van der Waals surface area contributed by atoms with Crippen LogP contribution in [0, 0.1) is 0 Å². The highest BCUT2D eigenvalue weighted by Gasteiger charge is 2.29. The Morgan fingerprint density at radius 1 is 1.55 bits per heavy atom. The topological polar surface area (TPSA) is 71.5 Å². The lowest BCUT2D eigenvalue weighted by atomic mass is 10.2. The molecule has 0 spiro atoms. The van der Waals surface area contributed by atoms with E-state index in [2.05, 4.69) is 15.0 Å². The second-order valence-corrected chi connectivity index (χ2v) is 4.15. The Morgan fingerprint density at radius 3 is 2.85 bits per heavy atom. The number of aliphatic hydroxyl groups is 1. The van der Waals surface area contributed by atoms with E-state index in [-0.39, 0.29) is 24.1 Å². The van der Waals surface area contributed by atoms with Gasteiger partial charge in [-0.05, 0) is 25.5 Å². The highest BCUT2D eigenvalue weighted by Crippen LogP contribution is 2.20. The Hall–Kier alpha value is -1.83. The number of aliphatic hydroxyl groups excluding tert-OH is 1. The van der Waals surface area contributed by atoms with Crippen molar-refractivity contribution in [3.05, 3.63) is 23.9 Å². The van der Waals surface area contributed by atoms with Crippen molar-refractivity contribution >= 4 is 5.91 Å². The zero-order valence-electron chi connectivity index (χ0n) is 10.8. The Kier molecular flexibility index (Phi) is 5.75. The number of aromatic nitrogens is 1. The first-order valence-corrected chi connectivity index (χ1v) is 5.90. The van der Waals surface area contributed by atoms with Gasteiger partial charge in [0.1, 0.15) is 5.56 Å². The summed E-state index contributed by atoms with van der Waals surface area (Å²) in [6, 6.07) is 2.43. The number of hydrogen-bond acceptors (Lipinski definition) is 4. The molecule has 112 valence electrons. The van der Waals surface area contributed by atoms with Crippen LogP contribution >= 0.6 is 0 Å². The van der Waals surface area contributed by atoms with Crippen LogP contribution in [0.3, 0.4) is 0 Å². The van der Waals surface area contributed by atoms with Gasteiger partial charge in [-0.25, -0.2) is 4.98 Å². The van der Waals surface area contributed by atoms with E-state index in [1.165, 1.54) is 18.3 Å².